The largest absolute Gasteiger partial charge is 0.294 e. The molecule has 8 aromatic rings. The lowest BCUT2D eigenvalue weighted by Gasteiger charge is -2.11. The van der Waals surface area contributed by atoms with Crippen molar-refractivity contribution >= 4 is 21.8 Å². The third-order valence-electron chi connectivity index (χ3n) is 7.75. The number of aromatic nitrogens is 5. The van der Waals surface area contributed by atoms with Gasteiger partial charge in [0.05, 0.1) is 39.5 Å². The van der Waals surface area contributed by atoms with Gasteiger partial charge >= 0.3 is 0 Å². The summed E-state index contributed by atoms with van der Waals surface area (Å²) in [6, 6.07) is 47.4. The summed E-state index contributed by atoms with van der Waals surface area (Å²) in [4.78, 5) is 19.6. The highest BCUT2D eigenvalue weighted by Crippen LogP contribution is 2.33. The molecule has 0 saturated heterocycles. The molecule has 0 aliphatic heterocycles. The van der Waals surface area contributed by atoms with E-state index < -0.39 is 0 Å². The second-order valence-corrected chi connectivity index (χ2v) is 10.4. The molecule has 3 aromatic carbocycles. The normalized spacial score (nSPS) is 11.3. The Morgan fingerprint density at radius 3 is 1.77 bits per heavy atom. The standard InChI is InChI=1S/C38H25N5/c1-2-11-26(12-3-1)27-13-4-5-14-28(27)31-16-8-17-32(40-31)33-18-9-19-34(41-33)35-20-10-22-38(42-35)43-36-21-7-6-15-29(36)30-25-39-24-23-37(30)43/h1-25H. The van der Waals surface area contributed by atoms with Crippen LogP contribution >= 0.6 is 0 Å². The molecule has 0 bridgehead atoms. The van der Waals surface area contributed by atoms with Gasteiger partial charge in [-0.05, 0) is 59.7 Å². The molecule has 0 spiro atoms. The van der Waals surface area contributed by atoms with Crippen molar-refractivity contribution in [1.82, 2.24) is 24.5 Å². The Morgan fingerprint density at radius 2 is 0.977 bits per heavy atom. The Morgan fingerprint density at radius 1 is 0.395 bits per heavy atom. The summed E-state index contributed by atoms with van der Waals surface area (Å²) in [5, 5.41) is 2.25. The van der Waals surface area contributed by atoms with E-state index >= 15 is 0 Å². The minimum Gasteiger partial charge on any atom is -0.294 e. The number of benzene rings is 3. The first-order valence-electron chi connectivity index (χ1n) is 14.2. The summed E-state index contributed by atoms with van der Waals surface area (Å²) in [5.41, 5.74) is 9.66. The SMILES string of the molecule is c1ccc(-c2ccccc2-c2cccc(-c3cccc(-c4cccc(-n5c6ccccc6c6cnccc65)n4)n3)n2)cc1. The van der Waals surface area contributed by atoms with Gasteiger partial charge in [0.1, 0.15) is 5.82 Å². The Kier molecular flexibility index (Phi) is 6.05. The minimum absolute atomic E-state index is 0.790. The van der Waals surface area contributed by atoms with Crippen LogP contribution in [-0.4, -0.2) is 24.5 Å². The van der Waals surface area contributed by atoms with Crippen molar-refractivity contribution in [3.05, 3.63) is 152 Å². The second-order valence-electron chi connectivity index (χ2n) is 10.4. The van der Waals surface area contributed by atoms with Crippen molar-refractivity contribution in [2.75, 3.05) is 0 Å². The van der Waals surface area contributed by atoms with Crippen molar-refractivity contribution in [2.45, 2.75) is 0 Å². The van der Waals surface area contributed by atoms with Gasteiger partial charge in [0, 0.05) is 28.7 Å². The third-order valence-corrected chi connectivity index (χ3v) is 7.75. The van der Waals surface area contributed by atoms with Gasteiger partial charge in [-0.2, -0.15) is 0 Å². The molecular weight excluding hydrogens is 526 g/mol. The predicted molar refractivity (Wildman–Crippen MR) is 174 cm³/mol. The lowest BCUT2D eigenvalue weighted by Crippen LogP contribution is -1.99. The number of pyridine rings is 4. The molecule has 0 atom stereocenters. The molecule has 0 aliphatic rings. The molecule has 5 aromatic heterocycles. The predicted octanol–water partition coefficient (Wildman–Crippen LogP) is 9.03. The maximum atomic E-state index is 5.09. The number of fused-ring (bicyclic) bond motifs is 3. The topological polar surface area (TPSA) is 56.5 Å². The molecule has 8 rings (SSSR count). The molecule has 0 amide bonds. The van der Waals surface area contributed by atoms with Gasteiger partial charge < -0.3 is 0 Å². The van der Waals surface area contributed by atoms with Crippen LogP contribution in [0.2, 0.25) is 0 Å². The summed E-state index contributed by atoms with van der Waals surface area (Å²) >= 11 is 0. The number of rotatable bonds is 5. The van der Waals surface area contributed by atoms with Crippen LogP contribution in [0.15, 0.2) is 152 Å². The van der Waals surface area contributed by atoms with Gasteiger partial charge in [-0.3, -0.25) is 9.55 Å². The van der Waals surface area contributed by atoms with Crippen molar-refractivity contribution in [3.8, 4) is 51.0 Å². The number of hydrogen-bond acceptors (Lipinski definition) is 4. The van der Waals surface area contributed by atoms with Crippen molar-refractivity contribution < 1.29 is 0 Å². The first kappa shape index (κ1) is 24.8. The van der Waals surface area contributed by atoms with E-state index in [0.29, 0.717) is 0 Å². The van der Waals surface area contributed by atoms with E-state index in [-0.39, 0.29) is 0 Å². The molecule has 0 fully saturated rings. The fraction of sp³-hybridized carbons (Fsp3) is 0. The van der Waals surface area contributed by atoms with E-state index in [0.717, 1.165) is 72.8 Å². The molecule has 5 heterocycles. The molecular formula is C38H25N5. The van der Waals surface area contributed by atoms with Crippen LogP contribution < -0.4 is 0 Å². The Labute approximate surface area is 248 Å². The summed E-state index contributed by atoms with van der Waals surface area (Å²) in [6.45, 7) is 0. The monoisotopic (exact) mass is 551 g/mol. The van der Waals surface area contributed by atoms with E-state index in [2.05, 4.69) is 88.4 Å². The van der Waals surface area contributed by atoms with Gasteiger partial charge in [0.25, 0.3) is 0 Å². The molecule has 202 valence electrons. The van der Waals surface area contributed by atoms with Gasteiger partial charge in [-0.1, -0.05) is 91.0 Å². The Hall–Kier alpha value is -5.94. The fourth-order valence-corrected chi connectivity index (χ4v) is 5.78. The van der Waals surface area contributed by atoms with E-state index in [9.17, 15) is 0 Å². The van der Waals surface area contributed by atoms with Crippen molar-refractivity contribution in [2.24, 2.45) is 0 Å². The average Bonchev–Trinajstić information content (AvgIpc) is 3.43. The van der Waals surface area contributed by atoms with Crippen molar-refractivity contribution in [3.63, 3.8) is 0 Å². The molecule has 0 N–H and O–H groups in total. The van der Waals surface area contributed by atoms with Gasteiger partial charge in [-0.15, -0.1) is 0 Å². The molecule has 43 heavy (non-hydrogen) atoms. The van der Waals surface area contributed by atoms with E-state index in [4.69, 9.17) is 15.0 Å². The number of hydrogen-bond donors (Lipinski definition) is 0. The highest BCUT2D eigenvalue weighted by Gasteiger charge is 2.15. The fourth-order valence-electron chi connectivity index (χ4n) is 5.78. The van der Waals surface area contributed by atoms with Crippen LogP contribution in [0.1, 0.15) is 0 Å². The lowest BCUT2D eigenvalue weighted by molar-refractivity contribution is 1.07. The summed E-state index contributed by atoms with van der Waals surface area (Å²) < 4.78 is 2.19. The molecule has 0 unspecified atom stereocenters. The highest BCUT2D eigenvalue weighted by atomic mass is 15.1. The van der Waals surface area contributed by atoms with Crippen LogP contribution in [0.4, 0.5) is 0 Å². The third kappa shape index (κ3) is 4.44. The van der Waals surface area contributed by atoms with Gasteiger partial charge in [-0.25, -0.2) is 15.0 Å². The van der Waals surface area contributed by atoms with Crippen LogP contribution in [0.5, 0.6) is 0 Å². The van der Waals surface area contributed by atoms with Crippen LogP contribution in [0.25, 0.3) is 72.8 Å². The van der Waals surface area contributed by atoms with Gasteiger partial charge in [0.15, 0.2) is 0 Å². The average molecular weight is 552 g/mol. The Balaban J connectivity index is 1.19. The van der Waals surface area contributed by atoms with E-state index in [1.165, 1.54) is 0 Å². The zero-order valence-corrected chi connectivity index (χ0v) is 23.2. The first-order chi connectivity index (χ1) is 21.3. The molecule has 5 nitrogen and oxygen atoms in total. The van der Waals surface area contributed by atoms with Crippen LogP contribution in [0, 0.1) is 0 Å². The molecule has 0 saturated carbocycles. The van der Waals surface area contributed by atoms with E-state index in [1.54, 1.807) is 0 Å². The highest BCUT2D eigenvalue weighted by molar-refractivity contribution is 6.08. The van der Waals surface area contributed by atoms with Gasteiger partial charge in [0.2, 0.25) is 0 Å². The molecule has 5 heteroatoms. The molecule has 0 radical (unpaired) electrons. The summed E-state index contributed by atoms with van der Waals surface area (Å²) in [5.74, 6) is 0.833. The molecule has 0 aliphatic carbocycles. The maximum Gasteiger partial charge on any atom is 0.138 e. The maximum absolute atomic E-state index is 5.09. The lowest BCUT2D eigenvalue weighted by atomic mass is 9.97. The van der Waals surface area contributed by atoms with Crippen LogP contribution in [0.3, 0.4) is 0 Å². The zero-order chi connectivity index (χ0) is 28.6. The minimum atomic E-state index is 0.790. The summed E-state index contributed by atoms with van der Waals surface area (Å²) in [6.07, 6.45) is 3.74. The quantitative estimate of drug-likeness (QED) is 0.214. The van der Waals surface area contributed by atoms with Crippen LogP contribution in [-0.2, 0) is 0 Å². The zero-order valence-electron chi connectivity index (χ0n) is 23.2. The number of para-hydroxylation sites is 1. The number of nitrogens with zero attached hydrogens (tertiary/aromatic N) is 5. The Bertz CT molecular complexity index is 2200. The first-order valence-corrected chi connectivity index (χ1v) is 14.2. The van der Waals surface area contributed by atoms with Crippen molar-refractivity contribution in [1.29, 1.82) is 0 Å². The smallest absolute Gasteiger partial charge is 0.138 e. The second kappa shape index (κ2) is 10.5. The summed E-state index contributed by atoms with van der Waals surface area (Å²) in [7, 11) is 0. The van der Waals surface area contributed by atoms with E-state index in [1.807, 2.05) is 73.1 Å².